The average Bonchev–Trinajstić information content (AvgIpc) is 2.37. The maximum atomic E-state index is 9.49. The van der Waals surface area contributed by atoms with Gasteiger partial charge in [0.25, 0.3) is 0 Å². The molecule has 4 unspecified atom stereocenters. The number of nitrogens with zero attached hydrogens (tertiary/aromatic N) is 2. The first-order valence-corrected chi connectivity index (χ1v) is 8.09. The van der Waals surface area contributed by atoms with Crippen molar-refractivity contribution in [3.05, 3.63) is 0 Å². The van der Waals surface area contributed by atoms with Crippen LogP contribution in [0.15, 0.2) is 0 Å². The molecule has 108 valence electrons. The molecule has 19 heavy (non-hydrogen) atoms. The molecule has 2 nitrogen and oxygen atoms in total. The Hall–Kier alpha value is -0.550. The van der Waals surface area contributed by atoms with Crippen LogP contribution < -0.4 is 0 Å². The van der Waals surface area contributed by atoms with Gasteiger partial charge >= 0.3 is 0 Å². The van der Waals surface area contributed by atoms with Crippen molar-refractivity contribution in [2.24, 2.45) is 17.3 Å². The van der Waals surface area contributed by atoms with Crippen molar-refractivity contribution in [3.63, 3.8) is 0 Å². The fraction of sp³-hybridized carbons (Fsp3) is 0.941. The third kappa shape index (κ3) is 3.31. The molecule has 1 aliphatic heterocycles. The fourth-order valence-electron chi connectivity index (χ4n) is 4.06. The molecular weight excluding hydrogens is 232 g/mol. The molecule has 0 N–H and O–H groups in total. The standard InChI is InChI=1S/C17H30N2/c1-13-7-5-6-10-19(13)16-11-15(17(2,3)4)9-8-14(16)12-18/h13-16H,5-11H2,1-4H3. The third-order valence-electron chi connectivity index (χ3n) is 5.49. The van der Waals surface area contributed by atoms with Crippen LogP contribution in [0.5, 0.6) is 0 Å². The highest BCUT2D eigenvalue weighted by Gasteiger charge is 2.40. The molecule has 0 aromatic carbocycles. The molecule has 2 heteroatoms. The minimum Gasteiger partial charge on any atom is -0.296 e. The van der Waals surface area contributed by atoms with Crippen molar-refractivity contribution in [2.75, 3.05) is 6.54 Å². The molecule has 1 saturated heterocycles. The lowest BCUT2D eigenvalue weighted by Gasteiger charge is -2.47. The fourth-order valence-corrected chi connectivity index (χ4v) is 4.06. The minimum absolute atomic E-state index is 0.263. The Morgan fingerprint density at radius 2 is 1.84 bits per heavy atom. The predicted octanol–water partition coefficient (Wildman–Crippen LogP) is 4.22. The number of nitriles is 1. The van der Waals surface area contributed by atoms with E-state index in [0.29, 0.717) is 17.5 Å². The molecule has 1 aliphatic carbocycles. The summed E-state index contributed by atoms with van der Waals surface area (Å²) in [5.74, 6) is 1.04. The second kappa shape index (κ2) is 5.83. The summed E-state index contributed by atoms with van der Waals surface area (Å²) in [6.07, 6.45) is 7.57. The average molecular weight is 262 g/mol. The van der Waals surface area contributed by atoms with Crippen molar-refractivity contribution in [3.8, 4) is 6.07 Å². The highest BCUT2D eigenvalue weighted by Crippen LogP contribution is 2.42. The summed E-state index contributed by atoms with van der Waals surface area (Å²) < 4.78 is 0. The Morgan fingerprint density at radius 3 is 2.42 bits per heavy atom. The first-order chi connectivity index (χ1) is 8.93. The summed E-state index contributed by atoms with van der Waals surface area (Å²) in [5.41, 5.74) is 0.387. The molecule has 2 aliphatic rings. The van der Waals surface area contributed by atoms with Crippen molar-refractivity contribution in [1.82, 2.24) is 4.90 Å². The number of hydrogen-bond acceptors (Lipinski definition) is 2. The zero-order valence-electron chi connectivity index (χ0n) is 13.2. The van der Waals surface area contributed by atoms with Crippen LogP contribution in [0.2, 0.25) is 0 Å². The first kappa shape index (κ1) is 14.9. The smallest absolute Gasteiger partial charge is 0.0672 e. The van der Waals surface area contributed by atoms with Gasteiger partial charge in [0, 0.05) is 12.1 Å². The van der Waals surface area contributed by atoms with Gasteiger partial charge in [-0.05, 0) is 56.9 Å². The van der Waals surface area contributed by atoms with Crippen LogP contribution in [0.1, 0.15) is 66.2 Å². The SMILES string of the molecule is CC1CCCCN1C1CC(C(C)(C)C)CCC1C#N. The molecular formula is C17H30N2. The van der Waals surface area contributed by atoms with Crippen molar-refractivity contribution in [2.45, 2.75) is 78.3 Å². The summed E-state index contributed by atoms with van der Waals surface area (Å²) in [7, 11) is 0. The Bertz CT molecular complexity index is 336. The third-order valence-corrected chi connectivity index (χ3v) is 5.49. The lowest BCUT2D eigenvalue weighted by molar-refractivity contribution is 0.0222. The maximum absolute atomic E-state index is 9.49. The molecule has 0 bridgehead atoms. The summed E-state index contributed by atoms with van der Waals surface area (Å²) in [6, 6.07) is 3.79. The van der Waals surface area contributed by atoms with Gasteiger partial charge in [-0.1, -0.05) is 27.2 Å². The van der Waals surface area contributed by atoms with Crippen LogP contribution in [0.3, 0.4) is 0 Å². The first-order valence-electron chi connectivity index (χ1n) is 8.09. The molecule has 0 aromatic rings. The molecule has 0 spiro atoms. The van der Waals surface area contributed by atoms with Crippen LogP contribution in [0, 0.1) is 28.6 Å². The second-order valence-electron chi connectivity index (χ2n) is 7.76. The lowest BCUT2D eigenvalue weighted by Crippen LogP contribution is -2.51. The number of hydrogen-bond donors (Lipinski definition) is 0. The Balaban J connectivity index is 2.12. The highest BCUT2D eigenvalue weighted by molar-refractivity contribution is 5.00. The van der Waals surface area contributed by atoms with Gasteiger partial charge in [-0.15, -0.1) is 0 Å². The van der Waals surface area contributed by atoms with E-state index in [2.05, 4.69) is 38.7 Å². The topological polar surface area (TPSA) is 27.0 Å². The van der Waals surface area contributed by atoms with Crippen LogP contribution in [0.25, 0.3) is 0 Å². The van der Waals surface area contributed by atoms with Gasteiger partial charge in [-0.3, -0.25) is 4.90 Å². The Morgan fingerprint density at radius 1 is 1.11 bits per heavy atom. The number of rotatable bonds is 1. The quantitative estimate of drug-likeness (QED) is 0.707. The van der Waals surface area contributed by atoms with E-state index < -0.39 is 0 Å². The zero-order chi connectivity index (χ0) is 14.0. The number of likely N-dealkylation sites (tertiary alicyclic amines) is 1. The zero-order valence-corrected chi connectivity index (χ0v) is 13.2. The van der Waals surface area contributed by atoms with Crippen molar-refractivity contribution >= 4 is 0 Å². The van der Waals surface area contributed by atoms with Crippen LogP contribution >= 0.6 is 0 Å². The number of piperidine rings is 1. The minimum atomic E-state index is 0.263. The van der Waals surface area contributed by atoms with Gasteiger partial charge in [-0.2, -0.15) is 5.26 Å². The molecule has 0 radical (unpaired) electrons. The van der Waals surface area contributed by atoms with Crippen LogP contribution in [-0.4, -0.2) is 23.5 Å². The van der Waals surface area contributed by atoms with E-state index in [1.165, 1.54) is 38.6 Å². The van der Waals surface area contributed by atoms with Gasteiger partial charge in [0.1, 0.15) is 0 Å². The van der Waals surface area contributed by atoms with Crippen molar-refractivity contribution in [1.29, 1.82) is 5.26 Å². The van der Waals surface area contributed by atoms with Gasteiger partial charge in [0.15, 0.2) is 0 Å². The monoisotopic (exact) mass is 262 g/mol. The van der Waals surface area contributed by atoms with Gasteiger partial charge < -0.3 is 0 Å². The lowest BCUT2D eigenvalue weighted by atomic mass is 9.67. The van der Waals surface area contributed by atoms with Crippen LogP contribution in [0.4, 0.5) is 0 Å². The van der Waals surface area contributed by atoms with E-state index >= 15 is 0 Å². The summed E-state index contributed by atoms with van der Waals surface area (Å²) in [6.45, 7) is 10.7. The molecule has 1 saturated carbocycles. The van der Waals surface area contributed by atoms with E-state index in [4.69, 9.17) is 0 Å². The summed E-state index contributed by atoms with van der Waals surface area (Å²) >= 11 is 0. The van der Waals surface area contributed by atoms with Crippen molar-refractivity contribution < 1.29 is 0 Å². The summed E-state index contributed by atoms with van der Waals surface area (Å²) in [5, 5.41) is 9.49. The largest absolute Gasteiger partial charge is 0.296 e. The predicted molar refractivity (Wildman–Crippen MR) is 79.7 cm³/mol. The molecule has 0 amide bonds. The molecule has 1 heterocycles. The normalized spacial score (nSPS) is 37.8. The molecule has 2 fully saturated rings. The molecule has 4 atom stereocenters. The molecule has 0 aromatic heterocycles. The van der Waals surface area contributed by atoms with E-state index in [-0.39, 0.29) is 5.92 Å². The highest BCUT2D eigenvalue weighted by atomic mass is 15.2. The Kier molecular flexibility index (Phi) is 4.56. The summed E-state index contributed by atoms with van der Waals surface area (Å²) in [4.78, 5) is 2.66. The Labute approximate surface area is 119 Å². The van der Waals surface area contributed by atoms with Crippen LogP contribution in [-0.2, 0) is 0 Å². The second-order valence-corrected chi connectivity index (χ2v) is 7.76. The van der Waals surface area contributed by atoms with E-state index in [9.17, 15) is 5.26 Å². The van der Waals surface area contributed by atoms with E-state index in [1.54, 1.807) is 0 Å². The van der Waals surface area contributed by atoms with Gasteiger partial charge in [0.05, 0.1) is 12.0 Å². The van der Waals surface area contributed by atoms with E-state index in [1.807, 2.05) is 0 Å². The maximum Gasteiger partial charge on any atom is 0.0672 e. The van der Waals surface area contributed by atoms with Gasteiger partial charge in [0.2, 0.25) is 0 Å². The van der Waals surface area contributed by atoms with E-state index in [0.717, 1.165) is 12.3 Å². The molecule has 2 rings (SSSR count). The van der Waals surface area contributed by atoms with Gasteiger partial charge in [-0.25, -0.2) is 0 Å².